The Bertz CT molecular complexity index is 632. The van der Waals surface area contributed by atoms with E-state index in [1.165, 1.54) is 6.07 Å². The van der Waals surface area contributed by atoms with Gasteiger partial charge in [-0.3, -0.25) is 15.2 Å². The van der Waals surface area contributed by atoms with E-state index in [1.807, 2.05) is 20.8 Å². The number of rotatable bonds is 3. The van der Waals surface area contributed by atoms with E-state index < -0.39 is 4.92 Å². The van der Waals surface area contributed by atoms with Crippen LogP contribution >= 0.6 is 0 Å². The molecular weight excluding hydrogens is 244 g/mol. The molecule has 6 nitrogen and oxygen atoms in total. The van der Waals surface area contributed by atoms with E-state index in [-0.39, 0.29) is 11.6 Å². The number of aromatic nitrogens is 2. The number of H-pyrrole nitrogens is 1. The Kier molecular flexibility index (Phi) is 3.25. The molecule has 2 rings (SSSR count). The Labute approximate surface area is 110 Å². The summed E-state index contributed by atoms with van der Waals surface area (Å²) in [5.41, 5.74) is 8.80. The minimum Gasteiger partial charge on any atom is -0.382 e. The van der Waals surface area contributed by atoms with Crippen LogP contribution in [-0.2, 0) is 0 Å². The van der Waals surface area contributed by atoms with Gasteiger partial charge in [-0.05, 0) is 24.5 Å². The molecule has 0 aliphatic heterocycles. The van der Waals surface area contributed by atoms with Crippen molar-refractivity contribution >= 4 is 11.5 Å². The maximum absolute atomic E-state index is 11.1. The smallest absolute Gasteiger partial charge is 0.278 e. The van der Waals surface area contributed by atoms with Crippen LogP contribution in [0.15, 0.2) is 18.2 Å². The van der Waals surface area contributed by atoms with Crippen LogP contribution in [0.5, 0.6) is 0 Å². The molecule has 0 unspecified atom stereocenters. The summed E-state index contributed by atoms with van der Waals surface area (Å²) in [7, 11) is 0. The average molecular weight is 260 g/mol. The van der Waals surface area contributed by atoms with Crippen LogP contribution in [0.25, 0.3) is 11.3 Å². The summed E-state index contributed by atoms with van der Waals surface area (Å²) < 4.78 is 0. The molecule has 1 aromatic heterocycles. The Balaban J connectivity index is 2.71. The van der Waals surface area contributed by atoms with Crippen LogP contribution in [0.1, 0.15) is 30.9 Å². The Morgan fingerprint density at radius 1 is 1.42 bits per heavy atom. The second kappa shape index (κ2) is 4.72. The summed E-state index contributed by atoms with van der Waals surface area (Å²) in [5.74, 6) is 0.523. The van der Waals surface area contributed by atoms with Crippen LogP contribution in [0.2, 0.25) is 0 Å². The van der Waals surface area contributed by atoms with Crippen molar-refractivity contribution in [3.05, 3.63) is 39.4 Å². The zero-order chi connectivity index (χ0) is 14.2. The molecule has 0 bridgehead atoms. The van der Waals surface area contributed by atoms with Crippen LogP contribution in [0, 0.1) is 17.0 Å². The highest BCUT2D eigenvalue weighted by atomic mass is 16.6. The lowest BCUT2D eigenvalue weighted by Gasteiger charge is -2.08. The fraction of sp³-hybridized carbons (Fsp3) is 0.308. The van der Waals surface area contributed by atoms with Gasteiger partial charge in [-0.1, -0.05) is 19.9 Å². The third kappa shape index (κ3) is 2.29. The van der Waals surface area contributed by atoms with Gasteiger partial charge >= 0.3 is 0 Å². The summed E-state index contributed by atoms with van der Waals surface area (Å²) >= 11 is 0. The van der Waals surface area contributed by atoms with Gasteiger partial charge in [-0.25, -0.2) is 0 Å². The van der Waals surface area contributed by atoms with Gasteiger partial charge in [0.1, 0.15) is 5.82 Å². The largest absolute Gasteiger partial charge is 0.382 e. The number of nitrogens with zero attached hydrogens (tertiary/aromatic N) is 2. The number of nitro groups is 1. The number of hydrogen-bond acceptors (Lipinski definition) is 4. The van der Waals surface area contributed by atoms with Gasteiger partial charge in [0.15, 0.2) is 0 Å². The van der Waals surface area contributed by atoms with Gasteiger partial charge in [0, 0.05) is 11.6 Å². The first kappa shape index (κ1) is 13.1. The first-order valence-electron chi connectivity index (χ1n) is 6.01. The van der Waals surface area contributed by atoms with Crippen molar-refractivity contribution in [1.29, 1.82) is 0 Å². The van der Waals surface area contributed by atoms with Crippen LogP contribution in [0.4, 0.5) is 11.5 Å². The molecule has 0 atom stereocenters. The van der Waals surface area contributed by atoms with Crippen molar-refractivity contribution in [3.8, 4) is 11.3 Å². The quantitative estimate of drug-likeness (QED) is 0.654. The standard InChI is InChI=1S/C13H16N4O2/c1-7(2)11-12(15-16-13(11)14)9-6-8(3)4-5-10(9)17(18)19/h4-7H,1-3H3,(H3,14,15,16). The number of aryl methyl sites for hydroxylation is 1. The number of anilines is 1. The molecule has 0 aliphatic rings. The highest BCUT2D eigenvalue weighted by molar-refractivity contribution is 5.77. The maximum atomic E-state index is 11.1. The summed E-state index contributed by atoms with van der Waals surface area (Å²) in [6.45, 7) is 5.85. The molecule has 0 saturated heterocycles. The molecule has 0 aliphatic carbocycles. The zero-order valence-corrected chi connectivity index (χ0v) is 11.1. The molecule has 6 heteroatoms. The molecule has 0 fully saturated rings. The van der Waals surface area contributed by atoms with Gasteiger partial charge in [0.05, 0.1) is 16.2 Å². The molecule has 0 saturated carbocycles. The fourth-order valence-electron chi connectivity index (χ4n) is 2.16. The van der Waals surface area contributed by atoms with Gasteiger partial charge in [0.2, 0.25) is 0 Å². The highest BCUT2D eigenvalue weighted by Gasteiger charge is 2.22. The lowest BCUT2D eigenvalue weighted by molar-refractivity contribution is -0.384. The van der Waals surface area contributed by atoms with Crippen molar-refractivity contribution in [2.45, 2.75) is 26.7 Å². The lowest BCUT2D eigenvalue weighted by Crippen LogP contribution is -1.98. The van der Waals surface area contributed by atoms with Crippen molar-refractivity contribution in [2.75, 3.05) is 5.73 Å². The van der Waals surface area contributed by atoms with Crippen molar-refractivity contribution in [2.24, 2.45) is 0 Å². The summed E-state index contributed by atoms with van der Waals surface area (Å²) in [6.07, 6.45) is 0. The second-order valence-electron chi connectivity index (χ2n) is 4.83. The van der Waals surface area contributed by atoms with Crippen molar-refractivity contribution in [3.63, 3.8) is 0 Å². The van der Waals surface area contributed by atoms with Gasteiger partial charge in [-0.2, -0.15) is 5.10 Å². The fourth-order valence-corrected chi connectivity index (χ4v) is 2.16. The maximum Gasteiger partial charge on any atom is 0.278 e. The van der Waals surface area contributed by atoms with E-state index in [4.69, 9.17) is 5.73 Å². The minimum absolute atomic E-state index is 0.0520. The molecule has 100 valence electrons. The monoisotopic (exact) mass is 260 g/mol. The minimum atomic E-state index is -0.393. The summed E-state index contributed by atoms with van der Waals surface area (Å²) in [6, 6.07) is 5.00. The number of nitrogens with one attached hydrogen (secondary N) is 1. The third-order valence-electron chi connectivity index (χ3n) is 3.03. The Hall–Kier alpha value is -2.37. The molecule has 3 N–H and O–H groups in total. The van der Waals surface area contributed by atoms with E-state index in [0.29, 0.717) is 17.1 Å². The summed E-state index contributed by atoms with van der Waals surface area (Å²) in [5, 5.41) is 17.9. The van der Waals surface area contributed by atoms with Gasteiger partial charge in [0.25, 0.3) is 5.69 Å². The molecule has 1 heterocycles. The number of nitrogen functional groups attached to an aromatic ring is 1. The molecule has 0 radical (unpaired) electrons. The van der Waals surface area contributed by atoms with E-state index in [9.17, 15) is 10.1 Å². The predicted molar refractivity (Wildman–Crippen MR) is 73.9 cm³/mol. The topological polar surface area (TPSA) is 97.8 Å². The van der Waals surface area contributed by atoms with E-state index in [0.717, 1.165) is 11.1 Å². The number of nitro benzene ring substituents is 1. The Morgan fingerprint density at radius 3 is 2.68 bits per heavy atom. The average Bonchev–Trinajstić information content (AvgIpc) is 2.70. The Morgan fingerprint density at radius 2 is 2.11 bits per heavy atom. The van der Waals surface area contributed by atoms with Gasteiger partial charge < -0.3 is 5.73 Å². The third-order valence-corrected chi connectivity index (χ3v) is 3.03. The number of nitrogens with two attached hydrogens (primary N) is 1. The lowest BCUT2D eigenvalue weighted by atomic mass is 9.97. The van der Waals surface area contributed by atoms with E-state index in [1.54, 1.807) is 12.1 Å². The van der Waals surface area contributed by atoms with Crippen LogP contribution < -0.4 is 5.73 Å². The zero-order valence-electron chi connectivity index (χ0n) is 11.1. The summed E-state index contributed by atoms with van der Waals surface area (Å²) in [4.78, 5) is 10.7. The first-order valence-corrected chi connectivity index (χ1v) is 6.01. The van der Waals surface area contributed by atoms with Crippen LogP contribution in [0.3, 0.4) is 0 Å². The molecule has 0 amide bonds. The molecule has 19 heavy (non-hydrogen) atoms. The number of aromatic amines is 1. The molecule has 0 spiro atoms. The van der Waals surface area contributed by atoms with E-state index >= 15 is 0 Å². The first-order chi connectivity index (χ1) is 8.91. The second-order valence-corrected chi connectivity index (χ2v) is 4.83. The SMILES string of the molecule is Cc1ccc([N+](=O)[O-])c(-c2[nH]nc(N)c2C(C)C)c1. The molecular formula is C13H16N4O2. The normalized spacial score (nSPS) is 10.9. The van der Waals surface area contributed by atoms with E-state index in [2.05, 4.69) is 10.2 Å². The van der Waals surface area contributed by atoms with Crippen molar-refractivity contribution in [1.82, 2.24) is 10.2 Å². The molecule has 1 aromatic carbocycles. The predicted octanol–water partition coefficient (Wildman–Crippen LogP) is 3.00. The highest BCUT2D eigenvalue weighted by Crippen LogP contribution is 2.36. The number of hydrogen-bond donors (Lipinski definition) is 2. The van der Waals surface area contributed by atoms with Gasteiger partial charge in [-0.15, -0.1) is 0 Å². The number of benzene rings is 1. The van der Waals surface area contributed by atoms with Crippen molar-refractivity contribution < 1.29 is 4.92 Å². The van der Waals surface area contributed by atoms with Crippen LogP contribution in [-0.4, -0.2) is 15.1 Å². The molecule has 2 aromatic rings.